The third kappa shape index (κ3) is 4.61. The fourth-order valence-corrected chi connectivity index (χ4v) is 4.20. The second-order valence-electron chi connectivity index (χ2n) is 8.54. The van der Waals surface area contributed by atoms with Gasteiger partial charge in [0.25, 0.3) is 5.91 Å². The lowest BCUT2D eigenvalue weighted by atomic mass is 10.1. The third-order valence-electron chi connectivity index (χ3n) is 6.08. The number of aryl methyl sites for hydroxylation is 2. The van der Waals surface area contributed by atoms with E-state index in [1.807, 2.05) is 86.6 Å². The van der Waals surface area contributed by atoms with Gasteiger partial charge >= 0.3 is 0 Å². The van der Waals surface area contributed by atoms with E-state index in [1.54, 1.807) is 25.3 Å². The maximum absolute atomic E-state index is 13.0. The highest BCUT2D eigenvalue weighted by Crippen LogP contribution is 2.32. The SMILES string of the molecule is COc1cc(C(=O)Nc2c(C)cccc2C)ccc1Nc1nc(-c2ccccc2)c2ccccc2n1. The molecule has 0 fully saturated rings. The number of carbonyl (C=O) groups excluding carboxylic acids is 1. The van der Waals surface area contributed by atoms with Crippen LogP contribution in [0.15, 0.2) is 91.0 Å². The fourth-order valence-electron chi connectivity index (χ4n) is 4.20. The Bertz CT molecular complexity index is 1540. The van der Waals surface area contributed by atoms with Gasteiger partial charge in [0.2, 0.25) is 5.95 Å². The Labute approximate surface area is 210 Å². The van der Waals surface area contributed by atoms with Crippen LogP contribution in [0.4, 0.5) is 17.3 Å². The Morgan fingerprint density at radius 3 is 2.28 bits per heavy atom. The van der Waals surface area contributed by atoms with Crippen molar-refractivity contribution < 1.29 is 9.53 Å². The number of nitrogens with zero attached hydrogens (tertiary/aromatic N) is 2. The van der Waals surface area contributed by atoms with Gasteiger partial charge in [-0.1, -0.05) is 66.7 Å². The minimum absolute atomic E-state index is 0.203. The summed E-state index contributed by atoms with van der Waals surface area (Å²) in [5, 5.41) is 7.27. The van der Waals surface area contributed by atoms with Crippen LogP contribution in [0.2, 0.25) is 0 Å². The standard InChI is InChI=1S/C30H26N4O2/c1-19-10-9-11-20(2)27(19)33-29(35)22-16-17-25(26(18-22)36-3)32-30-31-24-15-8-7-14-23(24)28(34-30)21-12-5-4-6-13-21/h4-18H,1-3H3,(H,33,35)(H,31,32,34). The topological polar surface area (TPSA) is 76.1 Å². The molecule has 4 aromatic carbocycles. The number of benzene rings is 4. The van der Waals surface area contributed by atoms with Gasteiger partial charge in [-0.3, -0.25) is 4.79 Å². The van der Waals surface area contributed by atoms with Crippen LogP contribution in [0.25, 0.3) is 22.2 Å². The summed E-state index contributed by atoms with van der Waals surface area (Å²) < 4.78 is 5.61. The Hall–Kier alpha value is -4.71. The molecule has 6 nitrogen and oxygen atoms in total. The van der Waals surface area contributed by atoms with Crippen molar-refractivity contribution in [3.8, 4) is 17.0 Å². The number of aromatic nitrogens is 2. The summed E-state index contributed by atoms with van der Waals surface area (Å²) in [7, 11) is 1.57. The maximum atomic E-state index is 13.0. The Morgan fingerprint density at radius 1 is 0.806 bits per heavy atom. The molecule has 0 saturated heterocycles. The second-order valence-corrected chi connectivity index (χ2v) is 8.54. The quantitative estimate of drug-likeness (QED) is 0.279. The smallest absolute Gasteiger partial charge is 0.255 e. The van der Waals surface area contributed by atoms with Crippen molar-refractivity contribution >= 4 is 34.1 Å². The summed E-state index contributed by atoms with van der Waals surface area (Å²) in [6.45, 7) is 3.95. The van der Waals surface area contributed by atoms with E-state index in [4.69, 9.17) is 14.7 Å². The number of methoxy groups -OCH3 is 1. The van der Waals surface area contributed by atoms with Gasteiger partial charge < -0.3 is 15.4 Å². The van der Waals surface area contributed by atoms with Crippen molar-refractivity contribution in [3.63, 3.8) is 0 Å². The molecule has 36 heavy (non-hydrogen) atoms. The molecule has 0 unspecified atom stereocenters. The maximum Gasteiger partial charge on any atom is 0.255 e. The molecule has 1 heterocycles. The van der Waals surface area contributed by atoms with Crippen LogP contribution in [-0.2, 0) is 0 Å². The number of carbonyl (C=O) groups is 1. The van der Waals surface area contributed by atoms with E-state index < -0.39 is 0 Å². The molecule has 2 N–H and O–H groups in total. The molecule has 0 aliphatic rings. The minimum atomic E-state index is -0.203. The lowest BCUT2D eigenvalue weighted by Gasteiger charge is -2.15. The van der Waals surface area contributed by atoms with Crippen molar-refractivity contribution in [2.45, 2.75) is 13.8 Å². The number of para-hydroxylation sites is 2. The number of hydrogen-bond acceptors (Lipinski definition) is 5. The Kier molecular flexibility index (Phi) is 6.33. The summed E-state index contributed by atoms with van der Waals surface area (Å²) >= 11 is 0. The molecular formula is C30H26N4O2. The first-order valence-corrected chi connectivity index (χ1v) is 11.7. The van der Waals surface area contributed by atoms with Gasteiger partial charge in [-0.2, -0.15) is 0 Å². The summed E-state index contributed by atoms with van der Waals surface area (Å²) in [5.74, 6) is 0.756. The predicted octanol–water partition coefficient (Wildman–Crippen LogP) is 6.92. The molecule has 0 aliphatic heterocycles. The van der Waals surface area contributed by atoms with Gasteiger partial charge in [0.05, 0.1) is 24.0 Å². The molecule has 0 atom stereocenters. The first-order valence-electron chi connectivity index (χ1n) is 11.7. The summed E-state index contributed by atoms with van der Waals surface area (Å²) in [5.41, 5.74) is 6.67. The number of amides is 1. The van der Waals surface area contributed by atoms with E-state index in [2.05, 4.69) is 10.6 Å². The van der Waals surface area contributed by atoms with E-state index in [0.29, 0.717) is 22.9 Å². The van der Waals surface area contributed by atoms with Crippen LogP contribution in [0, 0.1) is 13.8 Å². The number of hydrogen-bond donors (Lipinski definition) is 2. The molecule has 1 amide bonds. The van der Waals surface area contributed by atoms with E-state index in [1.165, 1.54) is 0 Å². The average Bonchev–Trinajstić information content (AvgIpc) is 2.91. The van der Waals surface area contributed by atoms with E-state index in [9.17, 15) is 4.79 Å². The van der Waals surface area contributed by atoms with Crippen LogP contribution < -0.4 is 15.4 Å². The van der Waals surface area contributed by atoms with Gasteiger partial charge in [0.1, 0.15) is 5.75 Å². The van der Waals surface area contributed by atoms with Crippen molar-refractivity contribution in [1.82, 2.24) is 9.97 Å². The highest BCUT2D eigenvalue weighted by atomic mass is 16.5. The van der Waals surface area contributed by atoms with Gasteiger partial charge in [-0.15, -0.1) is 0 Å². The lowest BCUT2D eigenvalue weighted by molar-refractivity contribution is 0.102. The van der Waals surface area contributed by atoms with Crippen molar-refractivity contribution in [3.05, 3.63) is 108 Å². The van der Waals surface area contributed by atoms with E-state index in [-0.39, 0.29) is 5.91 Å². The second kappa shape index (κ2) is 9.88. The van der Waals surface area contributed by atoms with Crippen LogP contribution in [0.5, 0.6) is 5.75 Å². The number of anilines is 3. The predicted molar refractivity (Wildman–Crippen MR) is 145 cm³/mol. The Morgan fingerprint density at radius 2 is 1.53 bits per heavy atom. The van der Waals surface area contributed by atoms with Crippen molar-refractivity contribution in [2.75, 3.05) is 17.7 Å². The van der Waals surface area contributed by atoms with Crippen LogP contribution in [0.1, 0.15) is 21.5 Å². The molecule has 6 heteroatoms. The van der Waals surface area contributed by atoms with Gasteiger partial charge in [0, 0.05) is 22.2 Å². The number of nitrogens with one attached hydrogen (secondary N) is 2. The molecular weight excluding hydrogens is 448 g/mol. The first kappa shape index (κ1) is 23.1. The fraction of sp³-hybridized carbons (Fsp3) is 0.100. The van der Waals surface area contributed by atoms with Crippen LogP contribution in [0.3, 0.4) is 0 Å². The molecule has 5 rings (SSSR count). The van der Waals surface area contributed by atoms with Gasteiger partial charge in [-0.25, -0.2) is 9.97 Å². The Balaban J connectivity index is 1.47. The lowest BCUT2D eigenvalue weighted by Crippen LogP contribution is -2.14. The van der Waals surface area contributed by atoms with Crippen LogP contribution in [-0.4, -0.2) is 23.0 Å². The van der Waals surface area contributed by atoms with Crippen LogP contribution >= 0.6 is 0 Å². The third-order valence-corrected chi connectivity index (χ3v) is 6.08. The summed E-state index contributed by atoms with van der Waals surface area (Å²) in [4.78, 5) is 22.5. The normalized spacial score (nSPS) is 10.8. The van der Waals surface area contributed by atoms with E-state index >= 15 is 0 Å². The number of rotatable bonds is 6. The summed E-state index contributed by atoms with van der Waals surface area (Å²) in [6, 6.07) is 29.1. The zero-order valence-electron chi connectivity index (χ0n) is 20.4. The zero-order valence-corrected chi connectivity index (χ0v) is 20.4. The summed E-state index contributed by atoms with van der Waals surface area (Å²) in [6.07, 6.45) is 0. The average molecular weight is 475 g/mol. The minimum Gasteiger partial charge on any atom is -0.495 e. The van der Waals surface area contributed by atoms with E-state index in [0.717, 1.165) is 39.0 Å². The molecule has 178 valence electrons. The molecule has 0 radical (unpaired) electrons. The highest BCUT2D eigenvalue weighted by molar-refractivity contribution is 6.05. The van der Waals surface area contributed by atoms with Gasteiger partial charge in [-0.05, 0) is 49.2 Å². The molecule has 5 aromatic rings. The first-order chi connectivity index (χ1) is 17.5. The number of ether oxygens (including phenoxy) is 1. The van der Waals surface area contributed by atoms with Crippen molar-refractivity contribution in [1.29, 1.82) is 0 Å². The van der Waals surface area contributed by atoms with Gasteiger partial charge in [0.15, 0.2) is 0 Å². The van der Waals surface area contributed by atoms with Crippen molar-refractivity contribution in [2.24, 2.45) is 0 Å². The molecule has 0 spiro atoms. The number of fused-ring (bicyclic) bond motifs is 1. The molecule has 1 aromatic heterocycles. The molecule has 0 saturated carbocycles. The monoisotopic (exact) mass is 474 g/mol. The highest BCUT2D eigenvalue weighted by Gasteiger charge is 2.15. The molecule has 0 bridgehead atoms. The molecule has 0 aliphatic carbocycles. The largest absolute Gasteiger partial charge is 0.495 e. The zero-order chi connectivity index (χ0) is 25.1.